The van der Waals surface area contributed by atoms with Gasteiger partial charge in [0.2, 0.25) is 0 Å². The molecule has 0 saturated heterocycles. The van der Waals surface area contributed by atoms with Gasteiger partial charge >= 0.3 is 6.03 Å². The van der Waals surface area contributed by atoms with Gasteiger partial charge in [0.1, 0.15) is 0 Å². The standard InChI is InChI=1S/C8H16N2O2/c1-4-7(5-11)10-8(12)9-6(2)3/h7,11H,2,4-5H2,1,3H3,(H2,9,10,12). The molecule has 0 aliphatic rings. The van der Waals surface area contributed by atoms with E-state index in [0.29, 0.717) is 12.1 Å². The predicted molar refractivity (Wildman–Crippen MR) is 47.6 cm³/mol. The third kappa shape index (κ3) is 4.73. The SMILES string of the molecule is C=C(C)NC(=O)NC(CC)CO. The van der Waals surface area contributed by atoms with Crippen LogP contribution in [0.3, 0.4) is 0 Å². The molecule has 0 rings (SSSR count). The lowest BCUT2D eigenvalue weighted by molar-refractivity contribution is 0.216. The third-order valence-electron chi connectivity index (χ3n) is 1.38. The lowest BCUT2D eigenvalue weighted by atomic mass is 10.2. The Labute approximate surface area is 72.7 Å². The van der Waals surface area contributed by atoms with Gasteiger partial charge in [0.15, 0.2) is 0 Å². The monoisotopic (exact) mass is 172 g/mol. The molecule has 0 bridgehead atoms. The van der Waals surface area contributed by atoms with E-state index in [9.17, 15) is 4.79 Å². The predicted octanol–water partition coefficient (Wildman–Crippen LogP) is 0.590. The molecule has 0 saturated carbocycles. The summed E-state index contributed by atoms with van der Waals surface area (Å²) in [5, 5.41) is 13.8. The number of allylic oxidation sites excluding steroid dienone is 1. The molecule has 0 aromatic heterocycles. The fourth-order valence-corrected chi connectivity index (χ4v) is 0.692. The summed E-state index contributed by atoms with van der Waals surface area (Å²) in [7, 11) is 0. The van der Waals surface area contributed by atoms with Crippen molar-refractivity contribution in [2.75, 3.05) is 6.61 Å². The minimum absolute atomic E-state index is 0.0416. The zero-order chi connectivity index (χ0) is 9.56. The summed E-state index contributed by atoms with van der Waals surface area (Å²) in [6.45, 7) is 7.06. The van der Waals surface area contributed by atoms with Crippen molar-refractivity contribution in [2.24, 2.45) is 0 Å². The summed E-state index contributed by atoms with van der Waals surface area (Å²) >= 11 is 0. The Morgan fingerprint density at radius 2 is 2.25 bits per heavy atom. The molecule has 4 nitrogen and oxygen atoms in total. The summed E-state index contributed by atoms with van der Waals surface area (Å²) in [4.78, 5) is 11.0. The Morgan fingerprint density at radius 1 is 1.67 bits per heavy atom. The number of aliphatic hydroxyl groups is 1. The van der Waals surface area contributed by atoms with Crippen molar-refractivity contribution >= 4 is 6.03 Å². The van der Waals surface area contributed by atoms with Crippen molar-refractivity contribution < 1.29 is 9.90 Å². The van der Waals surface area contributed by atoms with Gasteiger partial charge in [-0.25, -0.2) is 4.79 Å². The topological polar surface area (TPSA) is 61.4 Å². The van der Waals surface area contributed by atoms with Crippen LogP contribution in [0.1, 0.15) is 20.3 Å². The Bertz CT molecular complexity index is 164. The lowest BCUT2D eigenvalue weighted by Crippen LogP contribution is -2.42. The molecule has 0 aliphatic carbocycles. The van der Waals surface area contributed by atoms with Crippen molar-refractivity contribution in [3.8, 4) is 0 Å². The van der Waals surface area contributed by atoms with Crippen LogP contribution < -0.4 is 10.6 Å². The van der Waals surface area contributed by atoms with E-state index in [4.69, 9.17) is 5.11 Å². The van der Waals surface area contributed by atoms with Crippen LogP contribution in [0.25, 0.3) is 0 Å². The normalized spacial score (nSPS) is 11.9. The number of urea groups is 1. The minimum atomic E-state index is -0.316. The van der Waals surface area contributed by atoms with Gasteiger partial charge in [-0.3, -0.25) is 0 Å². The Balaban J connectivity index is 3.74. The summed E-state index contributed by atoms with van der Waals surface area (Å²) in [5.74, 6) is 0. The number of hydrogen-bond donors (Lipinski definition) is 3. The number of hydrogen-bond acceptors (Lipinski definition) is 2. The molecular weight excluding hydrogens is 156 g/mol. The van der Waals surface area contributed by atoms with Crippen LogP contribution in [0.5, 0.6) is 0 Å². The molecule has 0 fully saturated rings. The van der Waals surface area contributed by atoms with Crippen molar-refractivity contribution in [3.63, 3.8) is 0 Å². The zero-order valence-electron chi connectivity index (χ0n) is 7.55. The Morgan fingerprint density at radius 3 is 2.58 bits per heavy atom. The number of amides is 2. The highest BCUT2D eigenvalue weighted by molar-refractivity contribution is 5.75. The van der Waals surface area contributed by atoms with Gasteiger partial charge < -0.3 is 15.7 Å². The number of carbonyl (C=O) groups excluding carboxylic acids is 1. The molecule has 0 heterocycles. The van der Waals surface area contributed by atoms with Gasteiger partial charge in [-0.1, -0.05) is 13.5 Å². The van der Waals surface area contributed by atoms with Crippen molar-refractivity contribution in [1.82, 2.24) is 10.6 Å². The first-order chi connectivity index (χ1) is 5.60. The lowest BCUT2D eigenvalue weighted by Gasteiger charge is -2.14. The van der Waals surface area contributed by atoms with Crippen LogP contribution in [-0.2, 0) is 0 Å². The molecule has 1 atom stereocenters. The summed E-state index contributed by atoms with van der Waals surface area (Å²) < 4.78 is 0. The van der Waals surface area contributed by atoms with Crippen molar-refractivity contribution in [1.29, 1.82) is 0 Å². The first kappa shape index (κ1) is 11.0. The minimum Gasteiger partial charge on any atom is -0.394 e. The van der Waals surface area contributed by atoms with E-state index in [1.807, 2.05) is 6.92 Å². The quantitative estimate of drug-likeness (QED) is 0.581. The van der Waals surface area contributed by atoms with Crippen molar-refractivity contribution in [3.05, 3.63) is 12.3 Å². The smallest absolute Gasteiger partial charge is 0.319 e. The summed E-state index contributed by atoms with van der Waals surface area (Å²) in [6.07, 6.45) is 0.708. The maximum Gasteiger partial charge on any atom is 0.319 e. The highest BCUT2D eigenvalue weighted by Crippen LogP contribution is 1.88. The van der Waals surface area contributed by atoms with E-state index in [-0.39, 0.29) is 18.7 Å². The third-order valence-corrected chi connectivity index (χ3v) is 1.38. The highest BCUT2D eigenvalue weighted by Gasteiger charge is 2.07. The fourth-order valence-electron chi connectivity index (χ4n) is 0.692. The maximum atomic E-state index is 11.0. The van der Waals surface area contributed by atoms with Crippen molar-refractivity contribution in [2.45, 2.75) is 26.3 Å². The van der Waals surface area contributed by atoms with E-state index < -0.39 is 0 Å². The van der Waals surface area contributed by atoms with Crippen LogP contribution in [-0.4, -0.2) is 23.8 Å². The second-order valence-corrected chi connectivity index (χ2v) is 2.67. The maximum absolute atomic E-state index is 11.0. The zero-order valence-corrected chi connectivity index (χ0v) is 7.55. The van der Waals surface area contributed by atoms with Crippen LogP contribution in [0.4, 0.5) is 4.79 Å². The van der Waals surface area contributed by atoms with Crippen LogP contribution in [0.2, 0.25) is 0 Å². The average molecular weight is 172 g/mol. The summed E-state index contributed by atoms with van der Waals surface area (Å²) in [6, 6.07) is -0.493. The number of nitrogens with one attached hydrogen (secondary N) is 2. The van der Waals surface area contributed by atoms with E-state index in [1.54, 1.807) is 6.92 Å². The van der Waals surface area contributed by atoms with E-state index >= 15 is 0 Å². The van der Waals surface area contributed by atoms with Gasteiger partial charge in [-0.05, 0) is 13.3 Å². The largest absolute Gasteiger partial charge is 0.394 e. The molecule has 3 N–H and O–H groups in total. The number of carbonyl (C=O) groups is 1. The molecule has 1 unspecified atom stereocenters. The molecule has 70 valence electrons. The Hall–Kier alpha value is -1.03. The molecule has 0 spiro atoms. The van der Waals surface area contributed by atoms with Crippen LogP contribution >= 0.6 is 0 Å². The highest BCUT2D eigenvalue weighted by atomic mass is 16.3. The fraction of sp³-hybridized carbons (Fsp3) is 0.625. The molecular formula is C8H16N2O2. The van der Waals surface area contributed by atoms with Gasteiger partial charge in [0.05, 0.1) is 12.6 Å². The molecule has 2 amide bonds. The molecule has 0 aromatic carbocycles. The molecule has 12 heavy (non-hydrogen) atoms. The summed E-state index contributed by atoms with van der Waals surface area (Å²) in [5.41, 5.74) is 0.584. The van der Waals surface area contributed by atoms with Gasteiger partial charge in [0.25, 0.3) is 0 Å². The van der Waals surface area contributed by atoms with Crippen LogP contribution in [0, 0.1) is 0 Å². The van der Waals surface area contributed by atoms with E-state index in [1.165, 1.54) is 0 Å². The number of aliphatic hydroxyl groups excluding tert-OH is 1. The van der Waals surface area contributed by atoms with Gasteiger partial charge in [-0.2, -0.15) is 0 Å². The Kier molecular flexibility index (Phi) is 5.12. The first-order valence-corrected chi connectivity index (χ1v) is 3.94. The number of rotatable bonds is 4. The van der Waals surface area contributed by atoms with E-state index in [2.05, 4.69) is 17.2 Å². The molecule has 0 radical (unpaired) electrons. The van der Waals surface area contributed by atoms with Gasteiger partial charge in [0, 0.05) is 5.70 Å². The molecule has 4 heteroatoms. The molecule has 0 aliphatic heterocycles. The second kappa shape index (κ2) is 5.60. The average Bonchev–Trinajstić information content (AvgIpc) is 1.98. The second-order valence-electron chi connectivity index (χ2n) is 2.67. The van der Waals surface area contributed by atoms with Crippen LogP contribution in [0.15, 0.2) is 12.3 Å². The first-order valence-electron chi connectivity index (χ1n) is 3.94. The molecule has 0 aromatic rings. The van der Waals surface area contributed by atoms with E-state index in [0.717, 1.165) is 0 Å². The van der Waals surface area contributed by atoms with Gasteiger partial charge in [-0.15, -0.1) is 0 Å².